The third kappa shape index (κ3) is 2.65. The Morgan fingerprint density at radius 2 is 2.00 bits per heavy atom. The molecule has 3 rings (SSSR count). The minimum Gasteiger partial charge on any atom is -0.372 e. The van der Waals surface area contributed by atoms with Gasteiger partial charge in [-0.05, 0) is 43.5 Å². The molecule has 1 atom stereocenters. The summed E-state index contributed by atoms with van der Waals surface area (Å²) in [4.78, 5) is 0.0245. The summed E-state index contributed by atoms with van der Waals surface area (Å²) in [5.41, 5.74) is -0.647. The monoisotopic (exact) mass is 358 g/mol. The van der Waals surface area contributed by atoms with Gasteiger partial charge in [-0.3, -0.25) is 0 Å². The average molecular weight is 358 g/mol. The van der Waals surface area contributed by atoms with Crippen molar-refractivity contribution in [3.8, 4) is 0 Å². The predicted molar refractivity (Wildman–Crippen MR) is 86.0 cm³/mol. The number of benzene rings is 1. The summed E-state index contributed by atoms with van der Waals surface area (Å²) in [6.07, 6.45) is -2.36. The van der Waals surface area contributed by atoms with Crippen LogP contribution in [0.3, 0.4) is 0 Å². The van der Waals surface area contributed by atoms with E-state index < -0.39 is 35.5 Å². The highest BCUT2D eigenvalue weighted by Gasteiger charge is 2.45. The van der Waals surface area contributed by atoms with Crippen LogP contribution >= 0.6 is 0 Å². The molecular formula is C17H19F2NO3S. The molecule has 0 saturated carbocycles. The first kappa shape index (κ1) is 13.5. The zero-order valence-electron chi connectivity index (χ0n) is 16.0. The number of aromatic nitrogens is 1. The highest BCUT2D eigenvalue weighted by molar-refractivity contribution is 7.90. The van der Waals surface area contributed by atoms with Crippen molar-refractivity contribution in [1.82, 2.24) is 3.97 Å². The number of aryl methyl sites for hydroxylation is 2. The zero-order valence-corrected chi connectivity index (χ0v) is 13.8. The lowest BCUT2D eigenvalue weighted by Gasteiger charge is -2.35. The fourth-order valence-electron chi connectivity index (χ4n) is 2.99. The van der Waals surface area contributed by atoms with Crippen LogP contribution < -0.4 is 0 Å². The predicted octanol–water partition coefficient (Wildman–Crippen LogP) is 3.17. The van der Waals surface area contributed by atoms with E-state index in [2.05, 4.69) is 0 Å². The Labute approximate surface area is 144 Å². The van der Waals surface area contributed by atoms with Gasteiger partial charge < -0.3 is 4.74 Å². The Bertz CT molecular complexity index is 939. The Morgan fingerprint density at radius 1 is 1.29 bits per heavy atom. The van der Waals surface area contributed by atoms with Crippen LogP contribution in [0, 0.1) is 6.92 Å². The van der Waals surface area contributed by atoms with E-state index in [-0.39, 0.29) is 23.4 Å². The van der Waals surface area contributed by atoms with Crippen LogP contribution in [0.1, 0.15) is 27.4 Å². The van der Waals surface area contributed by atoms with Gasteiger partial charge >= 0.3 is 0 Å². The highest BCUT2D eigenvalue weighted by atomic mass is 32.2. The van der Waals surface area contributed by atoms with Gasteiger partial charge in [0.2, 0.25) is 0 Å². The maximum Gasteiger partial charge on any atom is 0.267 e. The molecule has 7 heteroatoms. The smallest absolute Gasteiger partial charge is 0.267 e. The summed E-state index contributed by atoms with van der Waals surface area (Å²) in [5.74, 6) is 0. The average Bonchev–Trinajstić information content (AvgIpc) is 2.97. The van der Waals surface area contributed by atoms with Crippen molar-refractivity contribution >= 4 is 10.0 Å². The molecule has 0 fully saturated rings. The maximum absolute atomic E-state index is 13.8. The standard InChI is InChI=1S/C17H19F2NO3S/c1-12-3-5-14(6-4-12)24(21,22)20-10-8-13-7-9-17(23-2,16(18)19)11-15(13)20/h3-6,8,10,16H,7,9,11H2,1-2H3/t17-/m1/s1/i2D3. The summed E-state index contributed by atoms with van der Waals surface area (Å²) in [6, 6.07) is 7.73. The van der Waals surface area contributed by atoms with Crippen LogP contribution in [-0.2, 0) is 27.6 Å². The molecule has 0 amide bonds. The lowest BCUT2D eigenvalue weighted by atomic mass is 9.84. The van der Waals surface area contributed by atoms with E-state index in [1.807, 2.05) is 6.92 Å². The summed E-state index contributed by atoms with van der Waals surface area (Å²) < 4.78 is 80.9. The van der Waals surface area contributed by atoms with Crippen LogP contribution in [0.4, 0.5) is 8.78 Å². The first-order valence-corrected chi connectivity index (χ1v) is 8.88. The van der Waals surface area contributed by atoms with Crippen LogP contribution in [0.2, 0.25) is 0 Å². The van der Waals surface area contributed by atoms with E-state index in [0.29, 0.717) is 5.56 Å². The fraction of sp³-hybridized carbons (Fsp3) is 0.412. The number of hydrogen-bond acceptors (Lipinski definition) is 3. The van der Waals surface area contributed by atoms with E-state index in [4.69, 9.17) is 8.85 Å². The van der Waals surface area contributed by atoms with E-state index >= 15 is 0 Å². The van der Waals surface area contributed by atoms with Crippen molar-refractivity contribution in [3.63, 3.8) is 0 Å². The number of nitrogens with zero attached hydrogens (tertiary/aromatic N) is 1. The Balaban J connectivity index is 2.05. The summed E-state index contributed by atoms with van der Waals surface area (Å²) in [5, 5.41) is 0. The van der Waals surface area contributed by atoms with Crippen molar-refractivity contribution in [3.05, 3.63) is 53.3 Å². The van der Waals surface area contributed by atoms with E-state index in [1.54, 1.807) is 18.2 Å². The van der Waals surface area contributed by atoms with Gasteiger partial charge in [-0.25, -0.2) is 21.2 Å². The minimum absolute atomic E-state index is 0.0245. The van der Waals surface area contributed by atoms with Crippen molar-refractivity contribution in [1.29, 1.82) is 0 Å². The Kier molecular flexibility index (Phi) is 3.37. The molecule has 24 heavy (non-hydrogen) atoms. The molecule has 0 N–H and O–H groups in total. The normalized spacial score (nSPS) is 23.4. The molecule has 0 radical (unpaired) electrons. The second kappa shape index (κ2) is 5.97. The van der Waals surface area contributed by atoms with Crippen LogP contribution in [-0.4, -0.2) is 31.5 Å². The molecule has 0 spiro atoms. The van der Waals surface area contributed by atoms with Crippen molar-refractivity contribution in [2.75, 3.05) is 7.04 Å². The van der Waals surface area contributed by atoms with Gasteiger partial charge in [-0.2, -0.15) is 0 Å². The molecule has 0 saturated heterocycles. The maximum atomic E-state index is 13.8. The first-order chi connectivity index (χ1) is 12.4. The molecule has 2 aromatic rings. The van der Waals surface area contributed by atoms with Crippen LogP contribution in [0.25, 0.3) is 0 Å². The summed E-state index contributed by atoms with van der Waals surface area (Å²) in [6.45, 7) is 1.82. The van der Waals surface area contributed by atoms with E-state index in [0.717, 1.165) is 9.54 Å². The second-order valence-corrected chi connectivity index (χ2v) is 7.86. The number of hydrogen-bond donors (Lipinski definition) is 0. The Morgan fingerprint density at radius 3 is 2.62 bits per heavy atom. The molecule has 1 aromatic heterocycles. The van der Waals surface area contributed by atoms with Gasteiger partial charge in [-0.1, -0.05) is 17.7 Å². The van der Waals surface area contributed by atoms with Crippen molar-refractivity contribution < 1.29 is 26.0 Å². The highest BCUT2D eigenvalue weighted by Crippen LogP contribution is 2.37. The largest absolute Gasteiger partial charge is 0.372 e. The topological polar surface area (TPSA) is 48.3 Å². The number of ether oxygens (including phenoxy) is 1. The van der Waals surface area contributed by atoms with Crippen molar-refractivity contribution in [2.45, 2.75) is 43.1 Å². The van der Waals surface area contributed by atoms with Gasteiger partial charge in [0.25, 0.3) is 16.4 Å². The number of methoxy groups -OCH3 is 1. The SMILES string of the molecule is [2H]C([2H])([2H])O[C@]1(C(F)F)CCc2ccn(S(=O)(=O)c3ccc(C)cc3)c2C1. The molecule has 1 aliphatic carbocycles. The molecule has 0 bridgehead atoms. The van der Waals surface area contributed by atoms with E-state index in [9.17, 15) is 17.2 Å². The summed E-state index contributed by atoms with van der Waals surface area (Å²) >= 11 is 0. The number of halogens is 2. The van der Waals surface area contributed by atoms with Crippen molar-refractivity contribution in [2.24, 2.45) is 0 Å². The third-order valence-corrected chi connectivity index (χ3v) is 6.24. The molecule has 130 valence electrons. The summed E-state index contributed by atoms with van der Waals surface area (Å²) in [7, 11) is -7.01. The lowest BCUT2D eigenvalue weighted by molar-refractivity contribution is -0.128. The number of alkyl halides is 2. The molecule has 1 aromatic carbocycles. The molecule has 1 aliphatic rings. The van der Waals surface area contributed by atoms with Gasteiger partial charge in [0.15, 0.2) is 0 Å². The molecule has 4 nitrogen and oxygen atoms in total. The third-order valence-electron chi connectivity index (χ3n) is 4.51. The number of fused-ring (bicyclic) bond motifs is 1. The second-order valence-electron chi connectivity index (χ2n) is 6.05. The van der Waals surface area contributed by atoms with E-state index in [1.165, 1.54) is 18.3 Å². The van der Waals surface area contributed by atoms with Gasteiger partial charge in [0.1, 0.15) is 5.60 Å². The first-order valence-electron chi connectivity index (χ1n) is 8.94. The van der Waals surface area contributed by atoms with Gasteiger partial charge in [-0.15, -0.1) is 0 Å². The minimum atomic E-state index is -4.00. The molecule has 0 unspecified atom stereocenters. The van der Waals surface area contributed by atoms with Gasteiger partial charge in [0, 0.05) is 25.3 Å². The van der Waals surface area contributed by atoms with Crippen LogP contribution in [0.5, 0.6) is 0 Å². The Hall–Kier alpha value is -1.73. The quantitative estimate of drug-likeness (QED) is 0.843. The molecule has 1 heterocycles. The van der Waals surface area contributed by atoms with Gasteiger partial charge in [0.05, 0.1) is 9.01 Å². The number of rotatable bonds is 4. The molecule has 0 aliphatic heterocycles. The lowest BCUT2D eigenvalue weighted by Crippen LogP contribution is -2.45. The zero-order chi connectivity index (χ0) is 20.0. The van der Waals surface area contributed by atoms with Crippen LogP contribution in [0.15, 0.2) is 41.4 Å². The fourth-order valence-corrected chi connectivity index (χ4v) is 4.39. The molecular weight excluding hydrogens is 336 g/mol.